The van der Waals surface area contributed by atoms with Crippen LogP contribution in [0, 0.1) is 5.92 Å². The van der Waals surface area contributed by atoms with Crippen molar-refractivity contribution in [1.82, 2.24) is 10.6 Å². The topological polar surface area (TPSA) is 41.1 Å². The monoisotopic (exact) mass is 128 g/mol. The van der Waals surface area contributed by atoms with Gasteiger partial charge in [-0.05, 0) is 12.5 Å². The Morgan fingerprint density at radius 3 is 2.89 bits per heavy atom. The SMILES string of the molecule is CC1CNCC1NC=O. The van der Waals surface area contributed by atoms with Crippen LogP contribution in [0.2, 0.25) is 0 Å². The smallest absolute Gasteiger partial charge is 0.207 e. The molecular weight excluding hydrogens is 116 g/mol. The second-order valence-corrected chi connectivity index (χ2v) is 2.53. The highest BCUT2D eigenvalue weighted by atomic mass is 16.1. The first kappa shape index (κ1) is 6.55. The molecule has 2 unspecified atom stereocenters. The molecule has 0 saturated carbocycles. The van der Waals surface area contributed by atoms with E-state index in [4.69, 9.17) is 0 Å². The molecule has 0 aromatic rings. The van der Waals surface area contributed by atoms with Crippen LogP contribution in [0.25, 0.3) is 0 Å². The maximum Gasteiger partial charge on any atom is 0.207 e. The molecule has 52 valence electrons. The molecule has 0 bridgehead atoms. The fourth-order valence-electron chi connectivity index (χ4n) is 1.12. The second-order valence-electron chi connectivity index (χ2n) is 2.53. The molecule has 3 nitrogen and oxygen atoms in total. The van der Waals surface area contributed by atoms with Crippen LogP contribution in [0.5, 0.6) is 0 Å². The fourth-order valence-corrected chi connectivity index (χ4v) is 1.12. The van der Waals surface area contributed by atoms with E-state index >= 15 is 0 Å². The van der Waals surface area contributed by atoms with Crippen molar-refractivity contribution in [3.05, 3.63) is 0 Å². The first-order chi connectivity index (χ1) is 4.34. The highest BCUT2D eigenvalue weighted by Gasteiger charge is 2.21. The van der Waals surface area contributed by atoms with Gasteiger partial charge in [0.2, 0.25) is 6.41 Å². The van der Waals surface area contributed by atoms with Crippen molar-refractivity contribution >= 4 is 6.41 Å². The van der Waals surface area contributed by atoms with Gasteiger partial charge >= 0.3 is 0 Å². The van der Waals surface area contributed by atoms with Crippen LogP contribution in [-0.2, 0) is 4.79 Å². The van der Waals surface area contributed by atoms with Gasteiger partial charge in [-0.3, -0.25) is 4.79 Å². The quantitative estimate of drug-likeness (QED) is 0.485. The number of hydrogen-bond acceptors (Lipinski definition) is 2. The molecule has 1 aliphatic rings. The Morgan fingerprint density at radius 1 is 1.67 bits per heavy atom. The molecule has 0 aliphatic carbocycles. The Morgan fingerprint density at radius 2 is 2.44 bits per heavy atom. The van der Waals surface area contributed by atoms with Crippen molar-refractivity contribution in [2.75, 3.05) is 13.1 Å². The summed E-state index contributed by atoms with van der Waals surface area (Å²) in [6.07, 6.45) is 0.772. The molecule has 1 fully saturated rings. The highest BCUT2D eigenvalue weighted by Crippen LogP contribution is 2.05. The van der Waals surface area contributed by atoms with Gasteiger partial charge in [-0.25, -0.2) is 0 Å². The molecule has 0 aromatic heterocycles. The minimum atomic E-state index is 0.350. The number of amides is 1. The molecule has 1 amide bonds. The summed E-state index contributed by atoms with van der Waals surface area (Å²) in [5.41, 5.74) is 0. The van der Waals surface area contributed by atoms with Crippen molar-refractivity contribution in [3.8, 4) is 0 Å². The lowest BCUT2D eigenvalue weighted by molar-refractivity contribution is -0.110. The summed E-state index contributed by atoms with van der Waals surface area (Å²) < 4.78 is 0. The number of rotatable bonds is 2. The van der Waals surface area contributed by atoms with Crippen molar-refractivity contribution in [3.63, 3.8) is 0 Å². The number of nitrogens with one attached hydrogen (secondary N) is 2. The molecule has 2 atom stereocenters. The minimum Gasteiger partial charge on any atom is -0.354 e. The molecular formula is C6H12N2O. The molecule has 1 aliphatic heterocycles. The van der Waals surface area contributed by atoms with Gasteiger partial charge in [0.1, 0.15) is 0 Å². The van der Waals surface area contributed by atoms with E-state index in [0.717, 1.165) is 19.5 Å². The zero-order valence-corrected chi connectivity index (χ0v) is 5.55. The summed E-state index contributed by atoms with van der Waals surface area (Å²) in [6, 6.07) is 0.350. The summed E-state index contributed by atoms with van der Waals surface area (Å²) in [5, 5.41) is 5.94. The van der Waals surface area contributed by atoms with Gasteiger partial charge in [-0.15, -0.1) is 0 Å². The van der Waals surface area contributed by atoms with E-state index in [0.29, 0.717) is 12.0 Å². The van der Waals surface area contributed by atoms with Gasteiger partial charge in [0.15, 0.2) is 0 Å². The van der Waals surface area contributed by atoms with E-state index < -0.39 is 0 Å². The van der Waals surface area contributed by atoms with Crippen LogP contribution in [0.1, 0.15) is 6.92 Å². The van der Waals surface area contributed by atoms with E-state index in [2.05, 4.69) is 17.6 Å². The predicted octanol–water partition coefficient (Wildman–Crippen LogP) is -0.660. The standard InChI is InChI=1S/C6H12N2O/c1-5-2-7-3-6(5)8-4-9/h4-7H,2-3H2,1H3,(H,8,9). The number of hydrogen-bond donors (Lipinski definition) is 2. The molecule has 9 heavy (non-hydrogen) atoms. The number of carbonyl (C=O) groups is 1. The van der Waals surface area contributed by atoms with Crippen molar-refractivity contribution < 1.29 is 4.79 Å². The third-order valence-electron chi connectivity index (χ3n) is 1.80. The van der Waals surface area contributed by atoms with Crippen LogP contribution in [-0.4, -0.2) is 25.5 Å². The molecule has 1 rings (SSSR count). The lowest BCUT2D eigenvalue weighted by atomic mass is 10.1. The largest absolute Gasteiger partial charge is 0.354 e. The van der Waals surface area contributed by atoms with Gasteiger partial charge in [0.25, 0.3) is 0 Å². The van der Waals surface area contributed by atoms with Crippen molar-refractivity contribution in [1.29, 1.82) is 0 Å². The van der Waals surface area contributed by atoms with Gasteiger partial charge in [0, 0.05) is 12.6 Å². The van der Waals surface area contributed by atoms with E-state index in [-0.39, 0.29) is 0 Å². The van der Waals surface area contributed by atoms with E-state index in [9.17, 15) is 4.79 Å². The van der Waals surface area contributed by atoms with Gasteiger partial charge < -0.3 is 10.6 Å². The maximum atomic E-state index is 9.97. The zero-order valence-electron chi connectivity index (χ0n) is 5.55. The highest BCUT2D eigenvalue weighted by molar-refractivity contribution is 5.46. The maximum absolute atomic E-state index is 9.97. The third-order valence-corrected chi connectivity index (χ3v) is 1.80. The molecule has 0 radical (unpaired) electrons. The zero-order chi connectivity index (χ0) is 6.69. The summed E-state index contributed by atoms with van der Waals surface area (Å²) in [7, 11) is 0. The summed E-state index contributed by atoms with van der Waals surface area (Å²) in [5.74, 6) is 0.579. The molecule has 2 N–H and O–H groups in total. The van der Waals surface area contributed by atoms with E-state index in [1.54, 1.807) is 0 Å². The summed E-state index contributed by atoms with van der Waals surface area (Å²) in [4.78, 5) is 9.97. The Bertz CT molecular complexity index is 105. The summed E-state index contributed by atoms with van der Waals surface area (Å²) >= 11 is 0. The lowest BCUT2D eigenvalue weighted by Gasteiger charge is -2.11. The normalized spacial score (nSPS) is 34.3. The average Bonchev–Trinajstić information content (AvgIpc) is 2.18. The Hall–Kier alpha value is -0.570. The fraction of sp³-hybridized carbons (Fsp3) is 0.833. The second kappa shape index (κ2) is 2.82. The van der Waals surface area contributed by atoms with E-state index in [1.165, 1.54) is 0 Å². The Kier molecular flexibility index (Phi) is 2.05. The minimum absolute atomic E-state index is 0.350. The number of carbonyl (C=O) groups excluding carboxylic acids is 1. The van der Waals surface area contributed by atoms with Crippen LogP contribution < -0.4 is 10.6 Å². The summed E-state index contributed by atoms with van der Waals surface area (Å²) in [6.45, 7) is 4.06. The van der Waals surface area contributed by atoms with Crippen LogP contribution >= 0.6 is 0 Å². The first-order valence-electron chi connectivity index (χ1n) is 3.25. The predicted molar refractivity (Wildman–Crippen MR) is 35.0 cm³/mol. The molecule has 0 spiro atoms. The Balaban J connectivity index is 2.30. The van der Waals surface area contributed by atoms with Gasteiger partial charge in [-0.1, -0.05) is 6.92 Å². The average molecular weight is 128 g/mol. The molecule has 1 saturated heterocycles. The molecule has 0 aromatic carbocycles. The van der Waals surface area contributed by atoms with Crippen molar-refractivity contribution in [2.45, 2.75) is 13.0 Å². The van der Waals surface area contributed by atoms with Crippen LogP contribution in [0.3, 0.4) is 0 Å². The van der Waals surface area contributed by atoms with Crippen LogP contribution in [0.15, 0.2) is 0 Å². The van der Waals surface area contributed by atoms with Gasteiger partial charge in [0.05, 0.1) is 0 Å². The van der Waals surface area contributed by atoms with Gasteiger partial charge in [-0.2, -0.15) is 0 Å². The Labute approximate surface area is 54.8 Å². The molecule has 3 heteroatoms. The van der Waals surface area contributed by atoms with E-state index in [1.807, 2.05) is 0 Å². The lowest BCUT2D eigenvalue weighted by Crippen LogP contribution is -2.33. The molecule has 1 heterocycles. The first-order valence-corrected chi connectivity index (χ1v) is 3.25. The van der Waals surface area contributed by atoms with Crippen LogP contribution in [0.4, 0.5) is 0 Å². The van der Waals surface area contributed by atoms with Crippen molar-refractivity contribution in [2.24, 2.45) is 5.92 Å². The third kappa shape index (κ3) is 1.42.